The number of benzene rings is 1. The maximum atomic E-state index is 13.9. The van der Waals surface area contributed by atoms with Crippen LogP contribution in [0, 0.1) is 18.6 Å². The lowest BCUT2D eigenvalue weighted by Crippen LogP contribution is -2.39. The minimum atomic E-state index is -0.446. The van der Waals surface area contributed by atoms with Crippen molar-refractivity contribution in [1.82, 2.24) is 9.88 Å². The van der Waals surface area contributed by atoms with Crippen molar-refractivity contribution in [2.24, 2.45) is 0 Å². The van der Waals surface area contributed by atoms with Crippen LogP contribution in [0.2, 0.25) is 0 Å². The highest BCUT2D eigenvalue weighted by Crippen LogP contribution is 2.30. The van der Waals surface area contributed by atoms with E-state index in [0.29, 0.717) is 29.2 Å². The van der Waals surface area contributed by atoms with Gasteiger partial charge in [-0.1, -0.05) is 0 Å². The van der Waals surface area contributed by atoms with Gasteiger partial charge in [-0.3, -0.25) is 4.79 Å². The predicted octanol–water partition coefficient (Wildman–Crippen LogP) is 3.75. The minimum Gasteiger partial charge on any atom is -0.337 e. The molecule has 1 aliphatic heterocycles. The van der Waals surface area contributed by atoms with Crippen molar-refractivity contribution in [3.63, 3.8) is 0 Å². The number of thiazole rings is 1. The molecule has 22 heavy (non-hydrogen) atoms. The summed E-state index contributed by atoms with van der Waals surface area (Å²) in [6, 6.07) is 3.51. The molecule has 0 radical (unpaired) electrons. The van der Waals surface area contributed by atoms with Gasteiger partial charge in [0.25, 0.3) is 5.91 Å². The van der Waals surface area contributed by atoms with Gasteiger partial charge in [0, 0.05) is 19.0 Å². The number of carbonyl (C=O) groups is 1. The van der Waals surface area contributed by atoms with Gasteiger partial charge in [0.05, 0.1) is 11.2 Å². The molecule has 3 nitrogen and oxygen atoms in total. The first-order valence-corrected chi connectivity index (χ1v) is 8.08. The Balaban J connectivity index is 1.81. The van der Waals surface area contributed by atoms with E-state index in [2.05, 4.69) is 4.98 Å². The van der Waals surface area contributed by atoms with E-state index in [9.17, 15) is 13.6 Å². The fourth-order valence-electron chi connectivity index (χ4n) is 2.89. The summed E-state index contributed by atoms with van der Waals surface area (Å²) in [5.74, 6) is -1.09. The topological polar surface area (TPSA) is 33.2 Å². The molecule has 6 heteroatoms. The number of amides is 1. The Morgan fingerprint density at radius 3 is 2.95 bits per heavy atom. The molecule has 2 aromatic rings. The number of hydrogen-bond acceptors (Lipinski definition) is 3. The molecule has 3 rings (SSSR count). The Morgan fingerprint density at radius 2 is 2.23 bits per heavy atom. The standard InChI is InChI=1S/C16H16F2N2OS/c1-10-15(22-9-19-10)16(21)20-6-2-3-11(8-20)13-7-12(17)4-5-14(13)18/h4-5,7,9,11H,2-3,6,8H2,1H3/t11-/m1/s1. The Labute approximate surface area is 131 Å². The minimum absolute atomic E-state index is 0.0680. The second-order valence-electron chi connectivity index (χ2n) is 5.52. The average molecular weight is 322 g/mol. The molecule has 1 saturated heterocycles. The fourth-order valence-corrected chi connectivity index (χ4v) is 3.66. The molecule has 1 fully saturated rings. The van der Waals surface area contributed by atoms with Crippen molar-refractivity contribution in [3.8, 4) is 0 Å². The normalized spacial score (nSPS) is 18.5. The van der Waals surface area contributed by atoms with E-state index in [1.165, 1.54) is 17.4 Å². The van der Waals surface area contributed by atoms with E-state index in [0.717, 1.165) is 25.0 Å². The van der Waals surface area contributed by atoms with Gasteiger partial charge in [0.15, 0.2) is 0 Å². The maximum Gasteiger partial charge on any atom is 0.265 e. The lowest BCUT2D eigenvalue weighted by Gasteiger charge is -2.33. The van der Waals surface area contributed by atoms with Gasteiger partial charge in [0.1, 0.15) is 16.5 Å². The third kappa shape index (κ3) is 2.88. The van der Waals surface area contributed by atoms with Gasteiger partial charge in [-0.05, 0) is 43.5 Å². The maximum absolute atomic E-state index is 13.9. The zero-order chi connectivity index (χ0) is 15.7. The van der Waals surface area contributed by atoms with E-state index in [-0.39, 0.29) is 11.8 Å². The molecular formula is C16H16F2N2OS. The first kappa shape index (κ1) is 15.1. The number of hydrogen-bond donors (Lipinski definition) is 0. The summed E-state index contributed by atoms with van der Waals surface area (Å²) in [5, 5.41) is 0. The van der Waals surface area contributed by atoms with Crippen molar-refractivity contribution >= 4 is 17.2 Å². The third-order valence-electron chi connectivity index (χ3n) is 4.05. The quantitative estimate of drug-likeness (QED) is 0.844. The second kappa shape index (κ2) is 6.12. The molecule has 0 unspecified atom stereocenters. The second-order valence-corrected chi connectivity index (χ2v) is 6.38. The van der Waals surface area contributed by atoms with Crippen LogP contribution in [0.5, 0.6) is 0 Å². The van der Waals surface area contributed by atoms with Crippen LogP contribution in [-0.4, -0.2) is 28.9 Å². The smallest absolute Gasteiger partial charge is 0.265 e. The summed E-state index contributed by atoms with van der Waals surface area (Å²) in [5.41, 5.74) is 2.73. The summed E-state index contributed by atoms with van der Waals surface area (Å²) < 4.78 is 27.3. The van der Waals surface area contributed by atoms with Gasteiger partial charge in [0.2, 0.25) is 0 Å². The van der Waals surface area contributed by atoms with E-state index >= 15 is 0 Å². The number of aryl methyl sites for hydroxylation is 1. The summed E-state index contributed by atoms with van der Waals surface area (Å²) in [4.78, 5) is 19.0. The van der Waals surface area contributed by atoms with Gasteiger partial charge in [-0.15, -0.1) is 11.3 Å². The highest BCUT2D eigenvalue weighted by molar-refractivity contribution is 7.11. The van der Waals surface area contributed by atoms with Crippen LogP contribution in [-0.2, 0) is 0 Å². The number of halogens is 2. The number of piperidine rings is 1. The van der Waals surface area contributed by atoms with Gasteiger partial charge in [-0.2, -0.15) is 0 Å². The molecule has 116 valence electrons. The Kier molecular flexibility index (Phi) is 4.20. The van der Waals surface area contributed by atoms with Crippen molar-refractivity contribution in [2.45, 2.75) is 25.7 Å². The number of likely N-dealkylation sites (tertiary alicyclic amines) is 1. The lowest BCUT2D eigenvalue weighted by atomic mass is 9.90. The average Bonchev–Trinajstić information content (AvgIpc) is 2.95. The van der Waals surface area contributed by atoms with Crippen molar-refractivity contribution in [3.05, 3.63) is 51.5 Å². The molecule has 2 heterocycles. The summed E-state index contributed by atoms with van der Waals surface area (Å²) in [6.45, 7) is 2.86. The highest BCUT2D eigenvalue weighted by Gasteiger charge is 2.28. The Bertz CT molecular complexity index is 701. The van der Waals surface area contributed by atoms with Gasteiger partial charge in [-0.25, -0.2) is 13.8 Å². The number of aromatic nitrogens is 1. The molecule has 0 saturated carbocycles. The SMILES string of the molecule is Cc1ncsc1C(=O)N1CCC[C@@H](c2cc(F)ccc2F)C1. The van der Waals surface area contributed by atoms with E-state index < -0.39 is 11.6 Å². The molecule has 0 bridgehead atoms. The lowest BCUT2D eigenvalue weighted by molar-refractivity contribution is 0.0709. The number of rotatable bonds is 2. The molecule has 1 aromatic carbocycles. The van der Waals surface area contributed by atoms with Crippen LogP contribution < -0.4 is 0 Å². The van der Waals surface area contributed by atoms with Crippen molar-refractivity contribution in [2.75, 3.05) is 13.1 Å². The predicted molar refractivity (Wildman–Crippen MR) is 81.1 cm³/mol. The zero-order valence-corrected chi connectivity index (χ0v) is 13.0. The fraction of sp³-hybridized carbons (Fsp3) is 0.375. The number of nitrogens with zero attached hydrogens (tertiary/aromatic N) is 2. The molecule has 0 N–H and O–H groups in total. The Morgan fingerprint density at radius 1 is 1.41 bits per heavy atom. The molecule has 1 aromatic heterocycles. The van der Waals surface area contributed by atoms with Crippen LogP contribution in [0.3, 0.4) is 0 Å². The van der Waals surface area contributed by atoms with Crippen LogP contribution >= 0.6 is 11.3 Å². The molecule has 1 aliphatic rings. The Hall–Kier alpha value is -1.82. The molecule has 1 atom stereocenters. The van der Waals surface area contributed by atoms with Crippen LogP contribution in [0.1, 0.15) is 39.7 Å². The number of carbonyl (C=O) groups excluding carboxylic acids is 1. The monoisotopic (exact) mass is 322 g/mol. The molecule has 1 amide bonds. The van der Waals surface area contributed by atoms with Gasteiger partial charge >= 0.3 is 0 Å². The third-order valence-corrected chi connectivity index (χ3v) is 4.96. The van der Waals surface area contributed by atoms with Crippen LogP contribution in [0.15, 0.2) is 23.7 Å². The molecular weight excluding hydrogens is 306 g/mol. The van der Waals surface area contributed by atoms with Crippen LogP contribution in [0.4, 0.5) is 8.78 Å². The van der Waals surface area contributed by atoms with E-state index in [4.69, 9.17) is 0 Å². The summed E-state index contributed by atoms with van der Waals surface area (Å²) >= 11 is 1.32. The molecule has 0 aliphatic carbocycles. The van der Waals surface area contributed by atoms with Crippen molar-refractivity contribution < 1.29 is 13.6 Å². The van der Waals surface area contributed by atoms with Crippen molar-refractivity contribution in [1.29, 1.82) is 0 Å². The summed E-state index contributed by atoms with van der Waals surface area (Å²) in [7, 11) is 0. The first-order valence-electron chi connectivity index (χ1n) is 7.20. The molecule has 0 spiro atoms. The summed E-state index contributed by atoms with van der Waals surface area (Å²) in [6.07, 6.45) is 1.54. The van der Waals surface area contributed by atoms with Gasteiger partial charge < -0.3 is 4.90 Å². The zero-order valence-electron chi connectivity index (χ0n) is 12.2. The van der Waals surface area contributed by atoms with E-state index in [1.54, 1.807) is 17.3 Å². The highest BCUT2D eigenvalue weighted by atomic mass is 32.1. The first-order chi connectivity index (χ1) is 10.6. The van der Waals surface area contributed by atoms with E-state index in [1.807, 2.05) is 0 Å². The largest absolute Gasteiger partial charge is 0.337 e. The van der Waals surface area contributed by atoms with Crippen LogP contribution in [0.25, 0.3) is 0 Å².